The van der Waals surface area contributed by atoms with Crippen molar-refractivity contribution in [1.82, 2.24) is 0 Å². The Labute approximate surface area is 101 Å². The lowest BCUT2D eigenvalue weighted by atomic mass is 10.1. The summed E-state index contributed by atoms with van der Waals surface area (Å²) in [4.78, 5) is 0. The van der Waals surface area contributed by atoms with Crippen LogP contribution in [0, 0.1) is 0 Å². The van der Waals surface area contributed by atoms with Crippen LogP contribution < -0.4 is 11.5 Å². The molecule has 98 valence electrons. The summed E-state index contributed by atoms with van der Waals surface area (Å²) in [5, 5.41) is 0. The van der Waals surface area contributed by atoms with Gasteiger partial charge in [-0.3, -0.25) is 0 Å². The minimum atomic E-state index is 0.262. The molecule has 0 spiro atoms. The van der Waals surface area contributed by atoms with Gasteiger partial charge in [0.05, 0.1) is 0 Å². The standard InChI is InChI=1S/C13H30N2O/c1-2-3-4-5-6-11-16-12-7-8-13(15)9-10-14/h13H,2-12,14-15H2,1H3. The smallest absolute Gasteiger partial charge is 0.0466 e. The van der Waals surface area contributed by atoms with Crippen LogP contribution in [0.15, 0.2) is 0 Å². The molecule has 0 rings (SSSR count). The van der Waals surface area contributed by atoms with Crippen molar-refractivity contribution < 1.29 is 4.74 Å². The van der Waals surface area contributed by atoms with Crippen molar-refractivity contribution in [3.05, 3.63) is 0 Å². The van der Waals surface area contributed by atoms with Crippen LogP contribution in [0.3, 0.4) is 0 Å². The number of ether oxygens (including phenoxy) is 1. The summed E-state index contributed by atoms with van der Waals surface area (Å²) in [5.74, 6) is 0. The molecule has 0 heterocycles. The lowest BCUT2D eigenvalue weighted by Crippen LogP contribution is -2.23. The first-order chi connectivity index (χ1) is 7.81. The molecule has 0 aromatic rings. The Balaban J connectivity index is 2.98. The Morgan fingerprint density at radius 1 is 0.938 bits per heavy atom. The Bertz CT molecular complexity index is 131. The number of nitrogens with two attached hydrogens (primary N) is 2. The second kappa shape index (κ2) is 12.9. The summed E-state index contributed by atoms with van der Waals surface area (Å²) in [6.45, 7) is 4.70. The molecule has 16 heavy (non-hydrogen) atoms. The predicted octanol–water partition coefficient (Wildman–Crippen LogP) is 2.43. The highest BCUT2D eigenvalue weighted by Crippen LogP contribution is 2.03. The molecule has 0 aliphatic carbocycles. The van der Waals surface area contributed by atoms with E-state index in [1.54, 1.807) is 0 Å². The Kier molecular flexibility index (Phi) is 12.9. The van der Waals surface area contributed by atoms with Crippen LogP contribution in [0.4, 0.5) is 0 Å². The first-order valence-corrected chi connectivity index (χ1v) is 6.84. The van der Waals surface area contributed by atoms with Crippen molar-refractivity contribution >= 4 is 0 Å². The van der Waals surface area contributed by atoms with Crippen LogP contribution in [0.2, 0.25) is 0 Å². The third-order valence-electron chi connectivity index (χ3n) is 2.79. The number of hydrogen-bond donors (Lipinski definition) is 2. The number of rotatable bonds is 12. The highest BCUT2D eigenvalue weighted by molar-refractivity contribution is 4.60. The molecule has 0 bridgehead atoms. The Hall–Kier alpha value is -0.120. The highest BCUT2D eigenvalue weighted by Gasteiger charge is 2.00. The fourth-order valence-corrected chi connectivity index (χ4v) is 1.72. The molecule has 3 nitrogen and oxygen atoms in total. The zero-order chi connectivity index (χ0) is 12.1. The van der Waals surface area contributed by atoms with Crippen molar-refractivity contribution in [1.29, 1.82) is 0 Å². The average Bonchev–Trinajstić information content (AvgIpc) is 2.27. The average molecular weight is 230 g/mol. The van der Waals surface area contributed by atoms with Gasteiger partial charge >= 0.3 is 0 Å². The maximum absolute atomic E-state index is 5.84. The summed E-state index contributed by atoms with van der Waals surface area (Å²) < 4.78 is 5.56. The molecule has 0 saturated carbocycles. The van der Waals surface area contributed by atoms with Gasteiger partial charge in [0.25, 0.3) is 0 Å². The first-order valence-electron chi connectivity index (χ1n) is 6.84. The zero-order valence-corrected chi connectivity index (χ0v) is 10.9. The molecule has 0 saturated heterocycles. The van der Waals surface area contributed by atoms with Gasteiger partial charge in [-0.1, -0.05) is 32.6 Å². The fourth-order valence-electron chi connectivity index (χ4n) is 1.72. The van der Waals surface area contributed by atoms with E-state index in [1.165, 1.54) is 32.1 Å². The van der Waals surface area contributed by atoms with Crippen molar-refractivity contribution in [3.8, 4) is 0 Å². The third kappa shape index (κ3) is 12.0. The second-order valence-electron chi connectivity index (χ2n) is 4.51. The lowest BCUT2D eigenvalue weighted by molar-refractivity contribution is 0.124. The van der Waals surface area contributed by atoms with Gasteiger partial charge in [-0.05, 0) is 32.2 Å². The number of hydrogen-bond acceptors (Lipinski definition) is 3. The maximum Gasteiger partial charge on any atom is 0.0466 e. The van der Waals surface area contributed by atoms with Crippen molar-refractivity contribution in [2.75, 3.05) is 19.8 Å². The Morgan fingerprint density at radius 2 is 1.62 bits per heavy atom. The summed E-state index contributed by atoms with van der Waals surface area (Å²) in [7, 11) is 0. The molecule has 0 aliphatic rings. The van der Waals surface area contributed by atoms with Gasteiger partial charge in [-0.2, -0.15) is 0 Å². The topological polar surface area (TPSA) is 61.3 Å². The van der Waals surface area contributed by atoms with Crippen LogP contribution in [-0.4, -0.2) is 25.8 Å². The largest absolute Gasteiger partial charge is 0.381 e. The summed E-state index contributed by atoms with van der Waals surface area (Å²) in [5.41, 5.74) is 11.3. The maximum atomic E-state index is 5.84. The molecule has 0 amide bonds. The molecule has 1 atom stereocenters. The molecule has 3 heteroatoms. The van der Waals surface area contributed by atoms with Gasteiger partial charge in [-0.15, -0.1) is 0 Å². The van der Waals surface area contributed by atoms with Gasteiger partial charge in [0.15, 0.2) is 0 Å². The van der Waals surface area contributed by atoms with E-state index in [2.05, 4.69) is 6.92 Å². The molecule has 0 aliphatic heterocycles. The van der Waals surface area contributed by atoms with Gasteiger partial charge in [-0.25, -0.2) is 0 Å². The van der Waals surface area contributed by atoms with Gasteiger partial charge in [0.2, 0.25) is 0 Å². The van der Waals surface area contributed by atoms with Crippen LogP contribution in [0.5, 0.6) is 0 Å². The van der Waals surface area contributed by atoms with Crippen molar-refractivity contribution in [2.45, 2.75) is 64.3 Å². The third-order valence-corrected chi connectivity index (χ3v) is 2.79. The summed E-state index contributed by atoms with van der Waals surface area (Å²) in [6.07, 6.45) is 9.55. The van der Waals surface area contributed by atoms with Crippen LogP contribution in [-0.2, 0) is 4.74 Å². The van der Waals surface area contributed by atoms with Crippen molar-refractivity contribution in [3.63, 3.8) is 0 Å². The number of unbranched alkanes of at least 4 members (excludes halogenated alkanes) is 4. The normalized spacial score (nSPS) is 12.9. The molecule has 0 fully saturated rings. The highest BCUT2D eigenvalue weighted by atomic mass is 16.5. The minimum absolute atomic E-state index is 0.262. The zero-order valence-electron chi connectivity index (χ0n) is 10.9. The summed E-state index contributed by atoms with van der Waals surface area (Å²) >= 11 is 0. The molecular weight excluding hydrogens is 200 g/mol. The molecule has 0 aromatic carbocycles. The van der Waals surface area contributed by atoms with E-state index in [1.807, 2.05) is 0 Å². The van der Waals surface area contributed by atoms with E-state index in [9.17, 15) is 0 Å². The quantitative estimate of drug-likeness (QED) is 0.506. The SMILES string of the molecule is CCCCCCCOCCCC(N)CCN. The van der Waals surface area contributed by atoms with E-state index < -0.39 is 0 Å². The molecule has 0 aromatic heterocycles. The van der Waals surface area contributed by atoms with Crippen LogP contribution in [0.25, 0.3) is 0 Å². The van der Waals surface area contributed by atoms with E-state index in [4.69, 9.17) is 16.2 Å². The Morgan fingerprint density at radius 3 is 2.31 bits per heavy atom. The first kappa shape index (κ1) is 15.9. The van der Waals surface area contributed by atoms with E-state index in [0.29, 0.717) is 6.54 Å². The van der Waals surface area contributed by atoms with Crippen LogP contribution >= 0.6 is 0 Å². The lowest BCUT2D eigenvalue weighted by Gasteiger charge is -2.09. The van der Waals surface area contributed by atoms with E-state index in [-0.39, 0.29) is 6.04 Å². The molecular formula is C13H30N2O. The van der Waals surface area contributed by atoms with E-state index >= 15 is 0 Å². The molecule has 1 unspecified atom stereocenters. The van der Waals surface area contributed by atoms with Gasteiger partial charge in [0, 0.05) is 19.3 Å². The van der Waals surface area contributed by atoms with Gasteiger partial charge in [0.1, 0.15) is 0 Å². The fraction of sp³-hybridized carbons (Fsp3) is 1.00. The monoisotopic (exact) mass is 230 g/mol. The predicted molar refractivity (Wildman–Crippen MR) is 70.5 cm³/mol. The summed E-state index contributed by atoms with van der Waals surface area (Å²) in [6, 6.07) is 0.262. The minimum Gasteiger partial charge on any atom is -0.381 e. The van der Waals surface area contributed by atoms with Crippen LogP contribution in [0.1, 0.15) is 58.3 Å². The van der Waals surface area contributed by atoms with Crippen molar-refractivity contribution in [2.24, 2.45) is 11.5 Å². The molecule has 4 N–H and O–H groups in total. The molecule has 0 radical (unpaired) electrons. The van der Waals surface area contributed by atoms with Gasteiger partial charge < -0.3 is 16.2 Å². The second-order valence-corrected chi connectivity index (χ2v) is 4.51. The van der Waals surface area contributed by atoms with E-state index in [0.717, 1.165) is 32.5 Å².